The lowest BCUT2D eigenvalue weighted by Gasteiger charge is -2.37. The molecule has 1 rings (SSSR count). The Kier molecular flexibility index (Phi) is 6.86. The van der Waals surface area contributed by atoms with Crippen LogP contribution in [0.15, 0.2) is 0 Å². The van der Waals surface area contributed by atoms with Gasteiger partial charge in [-0.25, -0.2) is 0 Å². The van der Waals surface area contributed by atoms with Gasteiger partial charge in [0.05, 0.1) is 33.8 Å². The van der Waals surface area contributed by atoms with Gasteiger partial charge >= 0.3 is 5.97 Å². The van der Waals surface area contributed by atoms with Crippen molar-refractivity contribution in [1.29, 1.82) is 0 Å². The van der Waals surface area contributed by atoms with Gasteiger partial charge in [-0.05, 0) is 18.8 Å². The van der Waals surface area contributed by atoms with E-state index in [1.807, 2.05) is 0 Å². The number of likely N-dealkylation sites (tertiary alicyclic amines) is 1. The van der Waals surface area contributed by atoms with E-state index in [9.17, 15) is 4.79 Å². The number of hydrogen-bond donors (Lipinski definition) is 0. The molecule has 0 saturated carbocycles. The first kappa shape index (κ1) is 16.2. The molecule has 0 aromatic rings. The van der Waals surface area contributed by atoms with Crippen LogP contribution < -0.4 is 24.0 Å². The molecule has 0 aliphatic carbocycles. The molecule has 0 aromatic heterocycles. The number of carbonyl (C=O) groups excluding carboxylic acids is 1. The topological polar surface area (TPSA) is 26.3 Å². The molecule has 0 amide bonds. The summed E-state index contributed by atoms with van der Waals surface area (Å²) in [7, 11) is 4.36. The van der Waals surface area contributed by atoms with Gasteiger partial charge in [-0.1, -0.05) is 13.8 Å². The number of ether oxygens (including phenoxy) is 1. The molecular formula is C12H24INO2. The molecule has 4 heteroatoms. The Bertz CT molecular complexity index is 229. The molecular weight excluding hydrogens is 317 g/mol. The summed E-state index contributed by atoms with van der Waals surface area (Å²) in [6.45, 7) is 6.79. The molecule has 1 atom stereocenters. The quantitative estimate of drug-likeness (QED) is 0.362. The Hall–Kier alpha value is 0.160. The van der Waals surface area contributed by atoms with Gasteiger partial charge in [0, 0.05) is 0 Å². The molecule has 0 aromatic carbocycles. The van der Waals surface area contributed by atoms with Crippen LogP contribution in [0.5, 0.6) is 0 Å². The van der Waals surface area contributed by atoms with E-state index in [2.05, 4.69) is 27.9 Å². The molecule has 16 heavy (non-hydrogen) atoms. The highest BCUT2D eigenvalue weighted by atomic mass is 127. The van der Waals surface area contributed by atoms with Crippen LogP contribution in [-0.2, 0) is 9.53 Å². The molecule has 1 heterocycles. The fraction of sp³-hybridized carbons (Fsp3) is 0.917. The summed E-state index contributed by atoms with van der Waals surface area (Å²) in [6, 6.07) is 0. The number of rotatable bonds is 3. The van der Waals surface area contributed by atoms with Gasteiger partial charge in [0.15, 0.2) is 0 Å². The van der Waals surface area contributed by atoms with Crippen molar-refractivity contribution in [2.24, 2.45) is 11.8 Å². The summed E-state index contributed by atoms with van der Waals surface area (Å²) in [5.74, 6) is 0.558. The first-order chi connectivity index (χ1) is 6.91. The van der Waals surface area contributed by atoms with Crippen molar-refractivity contribution in [3.63, 3.8) is 0 Å². The highest BCUT2D eigenvalue weighted by molar-refractivity contribution is 5.72. The molecule has 96 valence electrons. The Labute approximate surface area is 116 Å². The van der Waals surface area contributed by atoms with Crippen LogP contribution in [0.1, 0.15) is 26.7 Å². The zero-order valence-electron chi connectivity index (χ0n) is 10.8. The zero-order chi connectivity index (χ0) is 11.5. The van der Waals surface area contributed by atoms with Crippen molar-refractivity contribution in [2.45, 2.75) is 26.7 Å². The molecule has 0 N–H and O–H groups in total. The maximum atomic E-state index is 11.8. The minimum atomic E-state index is 0. The third kappa shape index (κ3) is 5.48. The number of hydrogen-bond acceptors (Lipinski definition) is 2. The largest absolute Gasteiger partial charge is 1.00 e. The van der Waals surface area contributed by atoms with Crippen molar-refractivity contribution in [3.05, 3.63) is 0 Å². The van der Waals surface area contributed by atoms with Gasteiger partial charge in [0.1, 0.15) is 5.92 Å². The second-order valence-electron chi connectivity index (χ2n) is 5.70. The van der Waals surface area contributed by atoms with Gasteiger partial charge < -0.3 is 33.2 Å². The lowest BCUT2D eigenvalue weighted by atomic mass is 9.97. The first-order valence-corrected chi connectivity index (χ1v) is 5.89. The van der Waals surface area contributed by atoms with Crippen molar-refractivity contribution in [3.8, 4) is 0 Å². The van der Waals surface area contributed by atoms with Crippen LogP contribution >= 0.6 is 0 Å². The fourth-order valence-electron chi connectivity index (χ4n) is 2.10. The SMILES string of the molecule is CC(C)COC(=O)C1CCC[N+](C)(C)C1.[I-]. The standard InChI is InChI=1S/C12H24NO2.HI/c1-10(2)9-15-12(14)11-6-5-7-13(3,4)8-11;/h10-11H,5-9H2,1-4H3;1H/q+1;/p-1. The van der Waals surface area contributed by atoms with E-state index in [0.717, 1.165) is 23.9 Å². The summed E-state index contributed by atoms with van der Waals surface area (Å²) in [6.07, 6.45) is 2.13. The predicted octanol–water partition coefficient (Wildman–Crippen LogP) is -1.32. The normalized spacial score (nSPS) is 23.7. The molecule has 1 aliphatic rings. The summed E-state index contributed by atoms with van der Waals surface area (Å²) in [5.41, 5.74) is 0. The molecule has 0 radical (unpaired) electrons. The van der Waals surface area contributed by atoms with E-state index < -0.39 is 0 Å². The highest BCUT2D eigenvalue weighted by Crippen LogP contribution is 2.21. The van der Waals surface area contributed by atoms with E-state index in [0.29, 0.717) is 12.5 Å². The van der Waals surface area contributed by atoms with Crippen molar-refractivity contribution < 1.29 is 38.0 Å². The molecule has 1 saturated heterocycles. The van der Waals surface area contributed by atoms with Crippen LogP contribution in [0, 0.1) is 11.8 Å². The fourth-order valence-corrected chi connectivity index (χ4v) is 2.10. The lowest BCUT2D eigenvalue weighted by molar-refractivity contribution is -0.897. The van der Waals surface area contributed by atoms with Crippen LogP contribution in [0.25, 0.3) is 0 Å². The summed E-state index contributed by atoms with van der Waals surface area (Å²) in [4.78, 5) is 11.8. The Morgan fingerprint density at radius 2 is 2.06 bits per heavy atom. The second-order valence-corrected chi connectivity index (χ2v) is 5.70. The number of esters is 1. The minimum absolute atomic E-state index is 0. The smallest absolute Gasteiger partial charge is 0.314 e. The van der Waals surface area contributed by atoms with E-state index in [-0.39, 0.29) is 35.9 Å². The van der Waals surface area contributed by atoms with Crippen LogP contribution in [-0.4, -0.2) is 44.2 Å². The summed E-state index contributed by atoms with van der Waals surface area (Å²) >= 11 is 0. The van der Waals surface area contributed by atoms with E-state index in [1.54, 1.807) is 0 Å². The molecule has 1 unspecified atom stereocenters. The Morgan fingerprint density at radius 1 is 1.44 bits per heavy atom. The number of halogens is 1. The molecule has 1 aliphatic heterocycles. The third-order valence-electron chi connectivity index (χ3n) is 2.92. The predicted molar refractivity (Wildman–Crippen MR) is 60.4 cm³/mol. The van der Waals surface area contributed by atoms with E-state index in [1.165, 1.54) is 6.54 Å². The highest BCUT2D eigenvalue weighted by Gasteiger charge is 2.33. The first-order valence-electron chi connectivity index (χ1n) is 5.89. The van der Waals surface area contributed by atoms with Gasteiger partial charge in [-0.15, -0.1) is 0 Å². The second kappa shape index (κ2) is 6.79. The summed E-state index contributed by atoms with van der Waals surface area (Å²) < 4.78 is 6.23. The molecule has 0 spiro atoms. The number of piperidine rings is 1. The van der Waals surface area contributed by atoms with Gasteiger partial charge in [-0.3, -0.25) is 4.79 Å². The molecule has 0 bridgehead atoms. The lowest BCUT2D eigenvalue weighted by Crippen LogP contribution is -3.00. The molecule has 3 nitrogen and oxygen atoms in total. The van der Waals surface area contributed by atoms with Crippen molar-refractivity contribution in [2.75, 3.05) is 33.8 Å². The molecule has 1 fully saturated rings. The van der Waals surface area contributed by atoms with Crippen LogP contribution in [0.3, 0.4) is 0 Å². The van der Waals surface area contributed by atoms with Crippen LogP contribution in [0.2, 0.25) is 0 Å². The maximum Gasteiger partial charge on any atom is 0.314 e. The Balaban J connectivity index is 0.00000225. The average molecular weight is 341 g/mol. The summed E-state index contributed by atoms with van der Waals surface area (Å²) in [5, 5.41) is 0. The number of carbonyl (C=O) groups is 1. The van der Waals surface area contributed by atoms with E-state index >= 15 is 0 Å². The number of nitrogens with zero attached hydrogens (tertiary/aromatic N) is 1. The van der Waals surface area contributed by atoms with Gasteiger partial charge in [0.25, 0.3) is 0 Å². The van der Waals surface area contributed by atoms with Crippen LogP contribution in [0.4, 0.5) is 0 Å². The minimum Gasteiger partial charge on any atom is -1.00 e. The maximum absolute atomic E-state index is 11.8. The third-order valence-corrected chi connectivity index (χ3v) is 2.92. The Morgan fingerprint density at radius 3 is 2.56 bits per heavy atom. The van der Waals surface area contributed by atoms with Gasteiger partial charge in [0.2, 0.25) is 0 Å². The van der Waals surface area contributed by atoms with Crippen molar-refractivity contribution >= 4 is 5.97 Å². The monoisotopic (exact) mass is 341 g/mol. The zero-order valence-corrected chi connectivity index (χ0v) is 13.0. The number of quaternary nitrogens is 1. The average Bonchev–Trinajstić information content (AvgIpc) is 2.12. The van der Waals surface area contributed by atoms with Crippen molar-refractivity contribution in [1.82, 2.24) is 0 Å². The van der Waals surface area contributed by atoms with E-state index in [4.69, 9.17) is 4.74 Å². The van der Waals surface area contributed by atoms with Gasteiger partial charge in [-0.2, -0.15) is 0 Å².